The summed E-state index contributed by atoms with van der Waals surface area (Å²) in [6.07, 6.45) is 18.3. The van der Waals surface area contributed by atoms with E-state index in [0.717, 1.165) is 17.3 Å². The molecular formula is C27H23FeN3S+2. The zero-order valence-electron chi connectivity index (χ0n) is 17.9. The molecule has 0 unspecified atom stereocenters. The summed E-state index contributed by atoms with van der Waals surface area (Å²) in [7, 11) is 4.14. The molecule has 2 saturated carbocycles. The molecule has 2 aromatic carbocycles. The van der Waals surface area contributed by atoms with Gasteiger partial charge in [0.15, 0.2) is 0 Å². The van der Waals surface area contributed by atoms with Crippen LogP contribution in [-0.2, 0) is 24.1 Å². The maximum Gasteiger partial charge on any atom is 2.00 e. The van der Waals surface area contributed by atoms with Crippen molar-refractivity contribution in [3.8, 4) is 11.3 Å². The Bertz CT molecular complexity index is 1040. The van der Waals surface area contributed by atoms with Crippen LogP contribution in [-0.4, -0.2) is 16.8 Å². The molecule has 158 valence electrons. The SMILES string of the molecule is CN1c2ccccc2Sc2cc(-c3cc([C]4[CH][CH][CH][CH]4)nn3C)ccc21.[CH]1[CH][CH][CH][CH]1.[Fe+2]. The smallest absolute Gasteiger partial charge is 0.343 e. The Morgan fingerprint density at radius 3 is 2.09 bits per heavy atom. The fraction of sp³-hybridized carbons (Fsp3) is 0.0741. The number of nitrogens with zero attached hydrogens (tertiary/aromatic N) is 3. The predicted octanol–water partition coefficient (Wildman–Crippen LogP) is 6.09. The van der Waals surface area contributed by atoms with E-state index in [4.69, 9.17) is 5.10 Å². The summed E-state index contributed by atoms with van der Waals surface area (Å²) in [5.74, 6) is 1.16. The predicted molar refractivity (Wildman–Crippen MR) is 128 cm³/mol. The molecule has 0 saturated heterocycles. The minimum atomic E-state index is 0. The number of hydrogen-bond acceptors (Lipinski definition) is 3. The third kappa shape index (κ3) is 4.81. The van der Waals surface area contributed by atoms with Crippen LogP contribution in [0.15, 0.2) is 58.3 Å². The largest absolute Gasteiger partial charge is 2.00 e. The van der Waals surface area contributed by atoms with Crippen LogP contribution in [0.1, 0.15) is 5.69 Å². The quantitative estimate of drug-likeness (QED) is 0.417. The number of aromatic nitrogens is 2. The standard InChI is InChI=1S/C22H18N3S.C5H5.Fe/c1-24-18-9-5-6-10-21(18)26-22-13-16(11-12-19(22)24)20-14-17(23-25(20)2)15-7-3-4-8-15;1-2-4-5-3-1;/h3-14H,1-2H3;1-5H;/q;;+2. The molecule has 1 aromatic heterocycles. The van der Waals surface area contributed by atoms with Crippen molar-refractivity contribution in [1.29, 1.82) is 0 Å². The molecule has 3 aliphatic rings. The molecule has 0 N–H and O–H groups in total. The molecule has 3 aromatic rings. The zero-order chi connectivity index (χ0) is 21.2. The average molecular weight is 477 g/mol. The summed E-state index contributed by atoms with van der Waals surface area (Å²) in [6.45, 7) is 0. The van der Waals surface area contributed by atoms with Gasteiger partial charge in [0, 0.05) is 35.4 Å². The van der Waals surface area contributed by atoms with Gasteiger partial charge < -0.3 is 4.90 Å². The van der Waals surface area contributed by atoms with E-state index in [1.165, 1.54) is 26.7 Å². The molecule has 2 heterocycles. The van der Waals surface area contributed by atoms with Gasteiger partial charge >= 0.3 is 17.1 Å². The maximum atomic E-state index is 4.69. The number of rotatable bonds is 2. The number of aryl methyl sites for hydroxylation is 1. The summed E-state index contributed by atoms with van der Waals surface area (Å²) in [4.78, 5) is 4.84. The van der Waals surface area contributed by atoms with E-state index in [-0.39, 0.29) is 17.1 Å². The topological polar surface area (TPSA) is 21.1 Å². The monoisotopic (exact) mass is 477 g/mol. The van der Waals surface area contributed by atoms with Gasteiger partial charge in [0.25, 0.3) is 0 Å². The number of anilines is 2. The zero-order valence-corrected chi connectivity index (χ0v) is 19.8. The van der Waals surface area contributed by atoms with Crippen molar-refractivity contribution in [1.82, 2.24) is 9.78 Å². The van der Waals surface area contributed by atoms with Gasteiger partial charge in [0.05, 0.1) is 22.8 Å². The fourth-order valence-corrected chi connectivity index (χ4v) is 5.03. The van der Waals surface area contributed by atoms with E-state index in [9.17, 15) is 0 Å². The van der Waals surface area contributed by atoms with E-state index in [1.807, 2.05) is 68.4 Å². The summed E-state index contributed by atoms with van der Waals surface area (Å²) in [5.41, 5.74) is 5.84. The Morgan fingerprint density at radius 1 is 0.719 bits per heavy atom. The van der Waals surface area contributed by atoms with Gasteiger partial charge in [-0.15, -0.1) is 0 Å². The van der Waals surface area contributed by atoms with Crippen LogP contribution in [0, 0.1) is 63.7 Å². The van der Waals surface area contributed by atoms with Crippen molar-refractivity contribution in [3.05, 3.63) is 118 Å². The summed E-state index contributed by atoms with van der Waals surface area (Å²) < 4.78 is 1.97. The molecule has 2 fully saturated rings. The van der Waals surface area contributed by atoms with Gasteiger partial charge in [-0.25, -0.2) is 0 Å². The van der Waals surface area contributed by atoms with Crippen LogP contribution in [0.3, 0.4) is 0 Å². The second kappa shape index (κ2) is 10.5. The van der Waals surface area contributed by atoms with Gasteiger partial charge in [0.2, 0.25) is 0 Å². The Morgan fingerprint density at radius 2 is 1.38 bits per heavy atom. The molecule has 0 bridgehead atoms. The normalized spacial score (nSPS) is 17.2. The first-order valence-corrected chi connectivity index (χ1v) is 11.1. The number of fused-ring (bicyclic) bond motifs is 2. The molecule has 10 radical (unpaired) electrons. The molecule has 5 heteroatoms. The van der Waals surface area contributed by atoms with Crippen LogP contribution >= 0.6 is 11.8 Å². The molecule has 0 spiro atoms. The number of hydrogen-bond donors (Lipinski definition) is 0. The number of benzene rings is 2. The summed E-state index contributed by atoms with van der Waals surface area (Å²) >= 11 is 1.83. The van der Waals surface area contributed by atoms with E-state index >= 15 is 0 Å². The molecule has 3 nitrogen and oxygen atoms in total. The van der Waals surface area contributed by atoms with E-state index in [1.54, 1.807) is 0 Å². The van der Waals surface area contributed by atoms with Gasteiger partial charge in [-0.1, -0.05) is 30.0 Å². The van der Waals surface area contributed by atoms with E-state index < -0.39 is 0 Å². The Kier molecular flexibility index (Phi) is 7.70. The van der Waals surface area contributed by atoms with Crippen molar-refractivity contribution in [3.63, 3.8) is 0 Å². The minimum absolute atomic E-state index is 0. The average Bonchev–Trinajstić information content (AvgIpc) is 3.57. The Labute approximate surface area is 207 Å². The maximum absolute atomic E-state index is 4.69. The van der Waals surface area contributed by atoms with Gasteiger partial charge in [-0.3, -0.25) is 4.68 Å². The second-order valence-corrected chi connectivity index (χ2v) is 8.57. The van der Waals surface area contributed by atoms with Crippen LogP contribution in [0.25, 0.3) is 11.3 Å². The fourth-order valence-electron chi connectivity index (χ4n) is 3.85. The Hall–Kier alpha value is -1.68. The van der Waals surface area contributed by atoms with Crippen molar-refractivity contribution in [2.75, 3.05) is 11.9 Å². The first-order chi connectivity index (χ1) is 15.2. The van der Waals surface area contributed by atoms with Crippen molar-refractivity contribution in [2.24, 2.45) is 7.05 Å². The molecule has 6 rings (SSSR count). The van der Waals surface area contributed by atoms with Gasteiger partial charge in [-0.05, 0) is 88.1 Å². The van der Waals surface area contributed by atoms with E-state index in [2.05, 4.69) is 73.3 Å². The van der Waals surface area contributed by atoms with Crippen LogP contribution in [0.2, 0.25) is 0 Å². The first kappa shape index (κ1) is 23.5. The van der Waals surface area contributed by atoms with Crippen molar-refractivity contribution < 1.29 is 17.1 Å². The van der Waals surface area contributed by atoms with Crippen LogP contribution in [0.5, 0.6) is 0 Å². The van der Waals surface area contributed by atoms with Crippen molar-refractivity contribution in [2.45, 2.75) is 9.79 Å². The molecule has 0 amide bonds. The Balaban J connectivity index is 0.000000363. The van der Waals surface area contributed by atoms with Gasteiger partial charge in [-0.2, -0.15) is 5.10 Å². The van der Waals surface area contributed by atoms with Crippen LogP contribution < -0.4 is 4.90 Å². The first-order valence-electron chi connectivity index (χ1n) is 10.3. The molecule has 2 aliphatic carbocycles. The third-order valence-corrected chi connectivity index (χ3v) is 6.57. The molecule has 1 aliphatic heterocycles. The minimum Gasteiger partial charge on any atom is -0.343 e. The van der Waals surface area contributed by atoms with Crippen molar-refractivity contribution >= 4 is 23.1 Å². The molecule has 32 heavy (non-hydrogen) atoms. The summed E-state index contributed by atoms with van der Waals surface area (Å²) in [5, 5.41) is 4.69. The second-order valence-electron chi connectivity index (χ2n) is 7.49. The number of para-hydroxylation sites is 1. The van der Waals surface area contributed by atoms with E-state index in [0.29, 0.717) is 0 Å². The van der Waals surface area contributed by atoms with Gasteiger partial charge in [0.1, 0.15) is 0 Å². The molecular weight excluding hydrogens is 454 g/mol. The van der Waals surface area contributed by atoms with Crippen LogP contribution in [0.4, 0.5) is 11.4 Å². The third-order valence-electron chi connectivity index (χ3n) is 5.46. The molecule has 0 atom stereocenters. The summed E-state index contributed by atoms with van der Waals surface area (Å²) in [6, 6.07) is 17.4.